The highest BCUT2D eigenvalue weighted by Crippen LogP contribution is 2.26. The van der Waals surface area contributed by atoms with Crippen molar-refractivity contribution in [1.82, 2.24) is 5.32 Å². The minimum absolute atomic E-state index is 0.0699. The first-order valence-corrected chi connectivity index (χ1v) is 7.91. The van der Waals surface area contributed by atoms with Crippen LogP contribution in [0.15, 0.2) is 6.07 Å². The first-order chi connectivity index (χ1) is 9.16. The number of rotatable bonds is 6. The van der Waals surface area contributed by atoms with Crippen LogP contribution in [-0.4, -0.2) is 41.6 Å². The van der Waals surface area contributed by atoms with Crippen LogP contribution in [0.3, 0.4) is 0 Å². The second-order valence-electron chi connectivity index (χ2n) is 4.06. The van der Waals surface area contributed by atoms with Crippen LogP contribution in [0.1, 0.15) is 20.1 Å². The van der Waals surface area contributed by atoms with Gasteiger partial charge in [-0.25, -0.2) is 0 Å². The van der Waals surface area contributed by atoms with Gasteiger partial charge in [-0.05, 0) is 11.6 Å². The molecule has 0 aliphatic carbocycles. The molecule has 1 aliphatic rings. The van der Waals surface area contributed by atoms with Gasteiger partial charge in [0, 0.05) is 23.6 Å². The third-order valence-corrected chi connectivity index (χ3v) is 4.79. The molecule has 0 unspecified atom stereocenters. The molecule has 0 bridgehead atoms. The molecule has 5 nitrogen and oxygen atoms in total. The number of aliphatic carboxylic acids is 1. The molecule has 0 atom stereocenters. The van der Waals surface area contributed by atoms with Crippen molar-refractivity contribution < 1.29 is 19.4 Å². The highest BCUT2D eigenvalue weighted by atomic mass is 32.2. The van der Waals surface area contributed by atoms with E-state index in [1.807, 2.05) is 6.07 Å². The van der Waals surface area contributed by atoms with Crippen molar-refractivity contribution in [3.8, 4) is 0 Å². The van der Waals surface area contributed by atoms with Gasteiger partial charge in [0.25, 0.3) is 5.91 Å². The van der Waals surface area contributed by atoms with Crippen molar-refractivity contribution in [3.05, 3.63) is 21.4 Å². The summed E-state index contributed by atoms with van der Waals surface area (Å²) in [5.41, 5.74) is 1.11. The van der Waals surface area contributed by atoms with Crippen LogP contribution in [0, 0.1) is 0 Å². The van der Waals surface area contributed by atoms with Crippen molar-refractivity contribution in [2.24, 2.45) is 0 Å². The number of carbonyl (C=O) groups excluding carboxylic acids is 1. The lowest BCUT2D eigenvalue weighted by molar-refractivity contribution is -0.133. The summed E-state index contributed by atoms with van der Waals surface area (Å²) in [6.07, 6.45) is 0.877. The zero-order valence-electron chi connectivity index (χ0n) is 10.3. The number of thioether (sulfide) groups is 1. The Hall–Kier alpha value is -1.05. The molecule has 0 aromatic carbocycles. The summed E-state index contributed by atoms with van der Waals surface area (Å²) in [7, 11) is 0. The largest absolute Gasteiger partial charge is 0.481 e. The van der Waals surface area contributed by atoms with Gasteiger partial charge >= 0.3 is 5.97 Å². The zero-order chi connectivity index (χ0) is 13.7. The van der Waals surface area contributed by atoms with Gasteiger partial charge in [0.1, 0.15) is 0 Å². The number of amides is 1. The fourth-order valence-electron chi connectivity index (χ4n) is 1.74. The number of thiophene rings is 1. The van der Waals surface area contributed by atoms with Gasteiger partial charge in [0.15, 0.2) is 0 Å². The van der Waals surface area contributed by atoms with Crippen LogP contribution in [0.2, 0.25) is 0 Å². The maximum Gasteiger partial charge on any atom is 0.313 e. The van der Waals surface area contributed by atoms with E-state index in [9.17, 15) is 9.59 Å². The molecule has 1 aliphatic heterocycles. The van der Waals surface area contributed by atoms with E-state index in [1.54, 1.807) is 0 Å². The topological polar surface area (TPSA) is 75.6 Å². The van der Waals surface area contributed by atoms with Crippen molar-refractivity contribution >= 4 is 35.0 Å². The molecule has 1 amide bonds. The van der Waals surface area contributed by atoms with Crippen LogP contribution < -0.4 is 5.32 Å². The number of nitrogens with one attached hydrogen (secondary N) is 1. The fourth-order valence-corrected chi connectivity index (χ4v) is 3.37. The monoisotopic (exact) mass is 301 g/mol. The van der Waals surface area contributed by atoms with E-state index in [0.29, 0.717) is 23.8 Å². The highest BCUT2D eigenvalue weighted by Gasteiger charge is 2.17. The standard InChI is InChI=1S/C12H15NO4S2/c14-11(15)7-18-4-2-13-12(16)10-5-8-6-17-3-1-9(8)19-10/h5H,1-4,6-7H2,(H,13,16)(H,14,15). The lowest BCUT2D eigenvalue weighted by Crippen LogP contribution is -2.25. The summed E-state index contributed by atoms with van der Waals surface area (Å²) in [5, 5.41) is 11.3. The van der Waals surface area contributed by atoms with E-state index < -0.39 is 5.97 Å². The van der Waals surface area contributed by atoms with Gasteiger partial charge in [0.2, 0.25) is 0 Å². The predicted molar refractivity (Wildman–Crippen MR) is 75.0 cm³/mol. The smallest absolute Gasteiger partial charge is 0.313 e. The molecular formula is C12H15NO4S2. The van der Waals surface area contributed by atoms with Crippen molar-refractivity contribution in [1.29, 1.82) is 0 Å². The Labute approximate surface area is 119 Å². The molecule has 2 rings (SSSR count). The molecule has 0 saturated heterocycles. The zero-order valence-corrected chi connectivity index (χ0v) is 11.9. The van der Waals surface area contributed by atoms with Crippen molar-refractivity contribution in [2.45, 2.75) is 13.0 Å². The molecule has 19 heavy (non-hydrogen) atoms. The molecule has 7 heteroatoms. The Kier molecular flexibility index (Phi) is 5.24. The maximum atomic E-state index is 11.9. The molecule has 0 saturated carbocycles. The minimum Gasteiger partial charge on any atom is -0.481 e. The van der Waals surface area contributed by atoms with Crippen LogP contribution >= 0.6 is 23.1 Å². The Morgan fingerprint density at radius 1 is 1.53 bits per heavy atom. The minimum atomic E-state index is -0.831. The Morgan fingerprint density at radius 3 is 3.11 bits per heavy atom. The van der Waals surface area contributed by atoms with Gasteiger partial charge in [-0.2, -0.15) is 0 Å². The molecule has 0 fully saturated rings. The van der Waals surface area contributed by atoms with Gasteiger partial charge in [-0.1, -0.05) is 0 Å². The third-order valence-electron chi connectivity index (χ3n) is 2.61. The maximum absolute atomic E-state index is 11.9. The summed E-state index contributed by atoms with van der Waals surface area (Å²) < 4.78 is 5.34. The van der Waals surface area contributed by atoms with Crippen LogP contribution in [0.25, 0.3) is 0 Å². The molecule has 104 valence electrons. The van der Waals surface area contributed by atoms with E-state index in [2.05, 4.69) is 5.32 Å². The number of ether oxygens (including phenoxy) is 1. The van der Waals surface area contributed by atoms with E-state index in [-0.39, 0.29) is 11.7 Å². The van der Waals surface area contributed by atoms with Crippen molar-refractivity contribution in [3.63, 3.8) is 0 Å². The molecular weight excluding hydrogens is 286 g/mol. The molecule has 1 aromatic heterocycles. The van der Waals surface area contributed by atoms with E-state index in [1.165, 1.54) is 28.0 Å². The Bertz CT molecular complexity index is 449. The second-order valence-corrected chi connectivity index (χ2v) is 6.31. The van der Waals surface area contributed by atoms with Crippen molar-refractivity contribution in [2.75, 3.05) is 24.7 Å². The Morgan fingerprint density at radius 2 is 2.37 bits per heavy atom. The van der Waals surface area contributed by atoms with Gasteiger partial charge in [0.05, 0.1) is 23.8 Å². The van der Waals surface area contributed by atoms with E-state index in [4.69, 9.17) is 9.84 Å². The summed E-state index contributed by atoms with van der Waals surface area (Å²) in [5.74, 6) is -0.246. The summed E-state index contributed by atoms with van der Waals surface area (Å²) in [4.78, 5) is 24.1. The summed E-state index contributed by atoms with van der Waals surface area (Å²) >= 11 is 2.81. The lowest BCUT2D eigenvalue weighted by atomic mass is 10.2. The normalized spacial score (nSPS) is 13.9. The quantitative estimate of drug-likeness (QED) is 0.776. The summed E-state index contributed by atoms with van der Waals surface area (Å²) in [6.45, 7) is 1.80. The number of hydrogen-bond acceptors (Lipinski definition) is 5. The van der Waals surface area contributed by atoms with Crippen LogP contribution in [-0.2, 0) is 22.6 Å². The summed E-state index contributed by atoms with van der Waals surface area (Å²) in [6, 6.07) is 1.89. The SMILES string of the molecule is O=C(O)CSCCNC(=O)c1cc2c(s1)CCOC2. The lowest BCUT2D eigenvalue weighted by Gasteiger charge is -2.10. The fraction of sp³-hybridized carbons (Fsp3) is 0.500. The van der Waals surface area contributed by atoms with E-state index >= 15 is 0 Å². The second kappa shape index (κ2) is 6.93. The molecule has 1 aromatic rings. The van der Waals surface area contributed by atoms with Gasteiger partial charge in [-0.3, -0.25) is 9.59 Å². The van der Waals surface area contributed by atoms with Gasteiger partial charge < -0.3 is 15.2 Å². The molecule has 0 radical (unpaired) electrons. The van der Waals surface area contributed by atoms with E-state index in [0.717, 1.165) is 18.6 Å². The first-order valence-electron chi connectivity index (χ1n) is 5.94. The highest BCUT2D eigenvalue weighted by molar-refractivity contribution is 7.99. The number of fused-ring (bicyclic) bond motifs is 1. The average molecular weight is 301 g/mol. The van der Waals surface area contributed by atoms with Gasteiger partial charge in [-0.15, -0.1) is 23.1 Å². The third kappa shape index (κ3) is 4.22. The molecule has 0 spiro atoms. The first kappa shape index (κ1) is 14.4. The number of carboxylic acid groups (broad SMARTS) is 1. The van der Waals surface area contributed by atoms with Crippen LogP contribution in [0.5, 0.6) is 0 Å². The predicted octanol–water partition coefficient (Wildman–Crippen LogP) is 1.37. The molecule has 2 heterocycles. The average Bonchev–Trinajstić information content (AvgIpc) is 2.81. The number of hydrogen-bond donors (Lipinski definition) is 2. The Balaban J connectivity index is 1.77. The number of carbonyl (C=O) groups is 2. The number of carboxylic acids is 1. The van der Waals surface area contributed by atoms with Crippen LogP contribution in [0.4, 0.5) is 0 Å². The molecule has 2 N–H and O–H groups in total.